The fraction of sp³-hybridized carbons (Fsp3) is 0.562. The van der Waals surface area contributed by atoms with Crippen LogP contribution < -0.4 is 33.7 Å². The molecule has 4 aromatic carbocycles. The summed E-state index contributed by atoms with van der Waals surface area (Å²) in [4.78, 5) is 56.1. The Hall–Kier alpha value is -6.15. The molecule has 1 N–H and O–H groups in total. The number of nitrogens with one attached hydrogen (secondary N) is 1. The first kappa shape index (κ1) is 69.3. The van der Waals surface area contributed by atoms with E-state index >= 15 is 0 Å². The number of piperidine rings is 2. The molecule has 4 aromatic rings. The molecule has 460 valence electrons. The molecule has 2 fully saturated rings. The van der Waals surface area contributed by atoms with Crippen LogP contribution in [0, 0.1) is 0 Å². The van der Waals surface area contributed by atoms with E-state index in [1.165, 1.54) is 5.56 Å². The number of methoxy groups -OCH3 is 6. The standard InChI is InChI=1S/C32H46N2O7.C20H32N2O3.C12H15ClO4/c1-7-40-31(35)20-26-12-13-27(22-33(26)21-24-9-14-28(38-5)15-10-24)34(23(2)3)32(36)25-11-16-29(39-6)30(19-25)41-18-8-17-37-4;1-5-25-20(23)12-18-9-8-17(21-15(2)3)14-22(18)13-16-6-10-19(24-4)11-7-16;1-15-6-3-7-17-11-8-9(12(13)14)4-5-10(11)16-2/h9-11,14-16,19,23,26-27H,7-8,12-13,17-18,20-22H2,1-6H3;6-7,10-11,15,17-18,21H,5,8-9,12-14H2,1-4H3;4-5,8H,3,6-7H2,1-2H3/t26-,27?;17-,18-;/m11./s1. The second-order valence-electron chi connectivity index (χ2n) is 20.9. The van der Waals surface area contributed by atoms with E-state index in [0.717, 1.165) is 68.7 Å². The molecule has 6 rings (SSSR count). The number of esters is 2. The molecule has 0 saturated carbocycles. The SMILES string of the molecule is CCOC(=O)C[C@H]1CCC(N(C(=O)c2ccc(OC)c(OCCCOC)c2)C(C)C)CN1Cc1ccc(OC)cc1.CCOC(=O)C[C@H]1CC[C@@H](NC(C)C)CN1Cc1ccc(OC)cc1.COCCCOc1cc(C(=O)Cl)ccc1OC. The Labute approximate surface area is 498 Å². The zero-order valence-corrected chi connectivity index (χ0v) is 52.0. The van der Waals surface area contributed by atoms with Gasteiger partial charge in [0.2, 0.25) is 0 Å². The van der Waals surface area contributed by atoms with Crippen molar-refractivity contribution in [2.75, 3.05) is 95.4 Å². The molecule has 18 nitrogen and oxygen atoms in total. The van der Waals surface area contributed by atoms with Gasteiger partial charge in [0.25, 0.3) is 11.1 Å². The summed E-state index contributed by atoms with van der Waals surface area (Å²) in [6.45, 7) is 18.2. The number of hydrogen-bond donors (Lipinski definition) is 1. The van der Waals surface area contributed by atoms with Crippen molar-refractivity contribution in [2.24, 2.45) is 0 Å². The molecule has 83 heavy (non-hydrogen) atoms. The van der Waals surface area contributed by atoms with E-state index in [-0.39, 0.29) is 42.0 Å². The lowest BCUT2D eigenvalue weighted by molar-refractivity contribution is -0.146. The van der Waals surface area contributed by atoms with Crippen molar-refractivity contribution in [1.82, 2.24) is 20.0 Å². The van der Waals surface area contributed by atoms with Crippen LogP contribution in [0.5, 0.6) is 34.5 Å². The quantitative estimate of drug-likeness (QED) is 0.0295. The maximum absolute atomic E-state index is 14.0. The van der Waals surface area contributed by atoms with Gasteiger partial charge < -0.3 is 57.6 Å². The summed E-state index contributed by atoms with van der Waals surface area (Å²) >= 11 is 5.40. The number of carbonyl (C=O) groups is 4. The van der Waals surface area contributed by atoms with Gasteiger partial charge in [-0.25, -0.2) is 0 Å². The summed E-state index contributed by atoms with van der Waals surface area (Å²) in [6, 6.07) is 27.5. The molecule has 2 aliphatic heterocycles. The summed E-state index contributed by atoms with van der Waals surface area (Å²) in [7, 11) is 9.74. The van der Waals surface area contributed by atoms with E-state index in [1.807, 2.05) is 69.0 Å². The minimum Gasteiger partial charge on any atom is -0.497 e. The third-order valence-corrected chi connectivity index (χ3v) is 14.4. The van der Waals surface area contributed by atoms with Gasteiger partial charge in [0.05, 0.1) is 67.7 Å². The zero-order valence-electron chi connectivity index (χ0n) is 51.2. The Morgan fingerprint density at radius 2 is 1.02 bits per heavy atom. The molecule has 0 aliphatic carbocycles. The van der Waals surface area contributed by atoms with Gasteiger partial charge in [-0.2, -0.15) is 0 Å². The Morgan fingerprint density at radius 1 is 0.566 bits per heavy atom. The first-order valence-corrected chi connectivity index (χ1v) is 29.3. The summed E-state index contributed by atoms with van der Waals surface area (Å²) in [6.07, 6.45) is 5.98. The summed E-state index contributed by atoms with van der Waals surface area (Å²) in [5, 5.41) is 3.12. The number of hydrogen-bond acceptors (Lipinski definition) is 17. The Kier molecular flexibility index (Phi) is 31.7. The number of carbonyl (C=O) groups excluding carboxylic acids is 4. The molecule has 0 spiro atoms. The van der Waals surface area contributed by atoms with Gasteiger partial charge in [-0.15, -0.1) is 0 Å². The maximum Gasteiger partial charge on any atom is 0.307 e. The zero-order chi connectivity index (χ0) is 60.7. The average Bonchev–Trinajstić information content (AvgIpc) is 3.64. The molecule has 0 aromatic heterocycles. The number of amides is 1. The lowest BCUT2D eigenvalue weighted by Crippen LogP contribution is -2.55. The Bertz CT molecular complexity index is 2530. The van der Waals surface area contributed by atoms with Crippen LogP contribution in [0.15, 0.2) is 84.9 Å². The normalized spacial score (nSPS) is 17.0. The second kappa shape index (κ2) is 37.9. The van der Waals surface area contributed by atoms with Crippen molar-refractivity contribution in [2.45, 2.75) is 142 Å². The predicted molar refractivity (Wildman–Crippen MR) is 323 cm³/mol. The van der Waals surface area contributed by atoms with E-state index in [4.69, 9.17) is 59.0 Å². The number of halogens is 1. The highest BCUT2D eigenvalue weighted by molar-refractivity contribution is 6.67. The highest BCUT2D eigenvalue weighted by Gasteiger charge is 2.37. The van der Waals surface area contributed by atoms with E-state index < -0.39 is 5.24 Å². The third kappa shape index (κ3) is 23.8. The van der Waals surface area contributed by atoms with Crippen LogP contribution >= 0.6 is 11.6 Å². The molecule has 1 amide bonds. The van der Waals surface area contributed by atoms with Gasteiger partial charge in [0, 0.05) is 114 Å². The lowest BCUT2D eigenvalue weighted by atomic mass is 9.93. The van der Waals surface area contributed by atoms with Crippen LogP contribution in [-0.2, 0) is 41.6 Å². The summed E-state index contributed by atoms with van der Waals surface area (Å²) in [5.74, 6) is 3.53. The van der Waals surface area contributed by atoms with Crippen LogP contribution in [0.25, 0.3) is 0 Å². The Morgan fingerprint density at radius 3 is 1.45 bits per heavy atom. The van der Waals surface area contributed by atoms with Crippen molar-refractivity contribution in [3.05, 3.63) is 107 Å². The number of benzene rings is 4. The molecule has 2 aliphatic rings. The van der Waals surface area contributed by atoms with Crippen molar-refractivity contribution < 1.29 is 66.5 Å². The molecule has 1 unspecified atom stereocenters. The smallest absolute Gasteiger partial charge is 0.307 e. The predicted octanol–water partition coefficient (Wildman–Crippen LogP) is 10.4. The van der Waals surface area contributed by atoms with Crippen molar-refractivity contribution in [1.29, 1.82) is 0 Å². The largest absolute Gasteiger partial charge is 0.497 e. The molecule has 2 heterocycles. The van der Waals surface area contributed by atoms with Crippen LogP contribution in [-0.4, -0.2) is 169 Å². The fourth-order valence-electron chi connectivity index (χ4n) is 10.2. The van der Waals surface area contributed by atoms with Gasteiger partial charge >= 0.3 is 11.9 Å². The summed E-state index contributed by atoms with van der Waals surface area (Å²) in [5.41, 5.74) is 3.29. The molecular formula is C64H93ClN4O14. The second-order valence-corrected chi connectivity index (χ2v) is 21.3. The van der Waals surface area contributed by atoms with Gasteiger partial charge in [-0.1, -0.05) is 38.1 Å². The van der Waals surface area contributed by atoms with Crippen molar-refractivity contribution in [3.8, 4) is 34.5 Å². The van der Waals surface area contributed by atoms with Crippen molar-refractivity contribution in [3.63, 3.8) is 0 Å². The van der Waals surface area contributed by atoms with E-state index in [9.17, 15) is 19.2 Å². The first-order valence-electron chi connectivity index (χ1n) is 28.9. The van der Waals surface area contributed by atoms with E-state index in [1.54, 1.807) is 79.1 Å². The summed E-state index contributed by atoms with van der Waals surface area (Å²) < 4.78 is 53.1. The highest BCUT2D eigenvalue weighted by atomic mass is 35.5. The van der Waals surface area contributed by atoms with Gasteiger partial charge in [0.1, 0.15) is 11.5 Å². The molecule has 4 atom stereocenters. The van der Waals surface area contributed by atoms with Crippen LogP contribution in [0.1, 0.15) is 125 Å². The molecule has 19 heteroatoms. The molecule has 0 bridgehead atoms. The van der Waals surface area contributed by atoms with E-state index in [0.29, 0.717) is 112 Å². The van der Waals surface area contributed by atoms with Gasteiger partial charge in [-0.3, -0.25) is 29.0 Å². The third-order valence-electron chi connectivity index (χ3n) is 14.2. The van der Waals surface area contributed by atoms with Gasteiger partial charge in [-0.05, 0) is 137 Å². The molecule has 2 saturated heterocycles. The Balaban J connectivity index is 0.000000298. The first-order chi connectivity index (χ1) is 40.0. The molecular weight excluding hydrogens is 1080 g/mol. The fourth-order valence-corrected chi connectivity index (χ4v) is 10.3. The lowest BCUT2D eigenvalue weighted by Gasteiger charge is -2.45. The number of ether oxygens (including phenoxy) is 10. The van der Waals surface area contributed by atoms with E-state index in [2.05, 4.69) is 41.1 Å². The monoisotopic (exact) mass is 1180 g/mol. The number of rotatable bonds is 30. The van der Waals surface area contributed by atoms with Crippen LogP contribution in [0.2, 0.25) is 0 Å². The minimum absolute atomic E-state index is 0.0210. The molecule has 0 radical (unpaired) electrons. The maximum atomic E-state index is 14.0. The number of likely N-dealkylation sites (tertiary alicyclic amines) is 2. The number of nitrogens with zero attached hydrogens (tertiary/aromatic N) is 3. The van der Waals surface area contributed by atoms with Crippen LogP contribution in [0.3, 0.4) is 0 Å². The van der Waals surface area contributed by atoms with Crippen LogP contribution in [0.4, 0.5) is 0 Å². The van der Waals surface area contributed by atoms with Crippen molar-refractivity contribution >= 4 is 34.7 Å². The van der Waals surface area contributed by atoms with Gasteiger partial charge in [0.15, 0.2) is 23.0 Å². The highest BCUT2D eigenvalue weighted by Crippen LogP contribution is 2.33. The minimum atomic E-state index is -0.519. The average molecular weight is 1180 g/mol. The topological polar surface area (TPSA) is 182 Å².